The van der Waals surface area contributed by atoms with Gasteiger partial charge in [0, 0.05) is 30.2 Å². The van der Waals surface area contributed by atoms with Crippen molar-refractivity contribution in [2.75, 3.05) is 5.32 Å². The topological polar surface area (TPSA) is 98.0 Å². The molecule has 0 saturated carbocycles. The second-order valence-electron chi connectivity index (χ2n) is 5.32. The van der Waals surface area contributed by atoms with E-state index in [1.54, 1.807) is 18.2 Å². The van der Waals surface area contributed by atoms with E-state index in [1.807, 2.05) is 30.3 Å². The lowest BCUT2D eigenvalue weighted by atomic mass is 10.1. The Bertz CT molecular complexity index is 942. The molecule has 0 saturated heterocycles. The van der Waals surface area contributed by atoms with Gasteiger partial charge in [0.2, 0.25) is 11.9 Å². The highest BCUT2D eigenvalue weighted by Crippen LogP contribution is 2.27. The molecule has 0 radical (unpaired) electrons. The quantitative estimate of drug-likeness (QED) is 0.580. The first-order valence-electron chi connectivity index (χ1n) is 7.50. The minimum Gasteiger partial charge on any atom is -0.295 e. The molecule has 0 aliphatic carbocycles. The van der Waals surface area contributed by atoms with E-state index in [0.717, 1.165) is 5.56 Å². The predicted octanol–water partition coefficient (Wildman–Crippen LogP) is 3.68. The molecule has 0 fully saturated rings. The Labute approximate surface area is 143 Å². The number of nitro benzene ring substituents is 1. The molecule has 1 heterocycles. The number of non-ortho nitro benzene ring substituents is 1. The van der Waals surface area contributed by atoms with Crippen LogP contribution in [0.15, 0.2) is 60.7 Å². The number of hydrogen-bond donors (Lipinski definition) is 1. The molecular weight excluding hydrogens is 320 g/mol. The molecule has 0 atom stereocenters. The fraction of sp³-hybridized carbons (Fsp3) is 0.0556. The molecule has 3 aromatic rings. The van der Waals surface area contributed by atoms with Gasteiger partial charge >= 0.3 is 0 Å². The van der Waals surface area contributed by atoms with Crippen LogP contribution in [-0.2, 0) is 4.79 Å². The molecule has 1 N–H and O–H groups in total. The second kappa shape index (κ2) is 6.88. The van der Waals surface area contributed by atoms with E-state index >= 15 is 0 Å². The Kier molecular flexibility index (Phi) is 4.47. The van der Waals surface area contributed by atoms with E-state index in [1.165, 1.54) is 19.1 Å². The average Bonchev–Trinajstić information content (AvgIpc) is 2.62. The first-order valence-corrected chi connectivity index (χ1v) is 7.50. The summed E-state index contributed by atoms with van der Waals surface area (Å²) in [5, 5.41) is 13.6. The third-order valence-electron chi connectivity index (χ3n) is 3.44. The summed E-state index contributed by atoms with van der Waals surface area (Å²) >= 11 is 0. The number of nitro groups is 1. The highest BCUT2D eigenvalue weighted by molar-refractivity contribution is 5.87. The Hall–Kier alpha value is -3.61. The number of aromatic nitrogens is 2. The summed E-state index contributed by atoms with van der Waals surface area (Å²) in [4.78, 5) is 30.6. The predicted molar refractivity (Wildman–Crippen MR) is 93.9 cm³/mol. The standard InChI is InChI=1S/C18H14N4O3/c1-12(23)19-18-20-16(13-6-3-2-4-7-13)11-17(21-18)14-8-5-9-15(10-14)22(24)25/h2-11H,1H3,(H,19,20,21,23). The summed E-state index contributed by atoms with van der Waals surface area (Å²) < 4.78 is 0. The minimum atomic E-state index is -0.461. The third kappa shape index (κ3) is 3.84. The monoisotopic (exact) mass is 334 g/mol. The zero-order chi connectivity index (χ0) is 17.8. The van der Waals surface area contributed by atoms with Gasteiger partial charge in [-0.05, 0) is 6.07 Å². The lowest BCUT2D eigenvalue weighted by Gasteiger charge is -2.09. The van der Waals surface area contributed by atoms with Crippen LogP contribution in [0.4, 0.5) is 11.6 Å². The van der Waals surface area contributed by atoms with Gasteiger partial charge in [-0.25, -0.2) is 9.97 Å². The van der Waals surface area contributed by atoms with Crippen LogP contribution in [0.3, 0.4) is 0 Å². The largest absolute Gasteiger partial charge is 0.295 e. The average molecular weight is 334 g/mol. The third-order valence-corrected chi connectivity index (χ3v) is 3.44. The Morgan fingerprint density at radius 2 is 1.60 bits per heavy atom. The summed E-state index contributed by atoms with van der Waals surface area (Å²) in [5.74, 6) is -0.148. The molecule has 124 valence electrons. The number of carbonyl (C=O) groups excluding carboxylic acids is 1. The molecule has 0 aliphatic heterocycles. The Morgan fingerprint density at radius 3 is 2.24 bits per heavy atom. The van der Waals surface area contributed by atoms with Crippen LogP contribution in [0.25, 0.3) is 22.5 Å². The number of nitrogens with zero attached hydrogens (tertiary/aromatic N) is 3. The number of hydrogen-bond acceptors (Lipinski definition) is 5. The van der Waals surface area contributed by atoms with E-state index in [9.17, 15) is 14.9 Å². The number of amides is 1. The SMILES string of the molecule is CC(=O)Nc1nc(-c2ccccc2)cc(-c2cccc([N+](=O)[O-])c2)n1. The van der Waals surface area contributed by atoms with Crippen molar-refractivity contribution < 1.29 is 9.72 Å². The first-order chi connectivity index (χ1) is 12.0. The fourth-order valence-corrected chi connectivity index (χ4v) is 2.34. The van der Waals surface area contributed by atoms with Crippen molar-refractivity contribution in [3.8, 4) is 22.5 Å². The summed E-state index contributed by atoms with van der Waals surface area (Å²) in [5.41, 5.74) is 2.49. The van der Waals surface area contributed by atoms with Crippen LogP contribution in [0.5, 0.6) is 0 Å². The highest BCUT2D eigenvalue weighted by Gasteiger charge is 2.12. The molecule has 0 unspecified atom stereocenters. The molecule has 0 aliphatic rings. The Morgan fingerprint density at radius 1 is 0.960 bits per heavy atom. The molecule has 7 heteroatoms. The van der Waals surface area contributed by atoms with Crippen molar-refractivity contribution in [3.63, 3.8) is 0 Å². The normalized spacial score (nSPS) is 10.3. The van der Waals surface area contributed by atoms with Crippen LogP contribution < -0.4 is 5.32 Å². The van der Waals surface area contributed by atoms with Crippen LogP contribution in [0, 0.1) is 10.1 Å². The van der Waals surface area contributed by atoms with Crippen molar-refractivity contribution in [1.29, 1.82) is 0 Å². The molecule has 7 nitrogen and oxygen atoms in total. The van der Waals surface area contributed by atoms with Gasteiger partial charge in [-0.1, -0.05) is 42.5 Å². The van der Waals surface area contributed by atoms with Crippen molar-refractivity contribution in [2.24, 2.45) is 0 Å². The molecule has 2 aromatic carbocycles. The molecule has 0 bridgehead atoms. The van der Waals surface area contributed by atoms with Gasteiger partial charge in [-0.3, -0.25) is 20.2 Å². The molecule has 1 amide bonds. The number of carbonyl (C=O) groups is 1. The van der Waals surface area contributed by atoms with Gasteiger partial charge in [-0.2, -0.15) is 0 Å². The first kappa shape index (κ1) is 16.3. The molecular formula is C18H14N4O3. The van der Waals surface area contributed by atoms with Crippen molar-refractivity contribution in [1.82, 2.24) is 9.97 Å². The van der Waals surface area contributed by atoms with E-state index < -0.39 is 4.92 Å². The van der Waals surface area contributed by atoms with Crippen molar-refractivity contribution >= 4 is 17.5 Å². The van der Waals surface area contributed by atoms with Gasteiger partial charge in [-0.15, -0.1) is 0 Å². The van der Waals surface area contributed by atoms with Gasteiger partial charge in [0.1, 0.15) is 0 Å². The number of rotatable bonds is 4. The minimum absolute atomic E-state index is 0.0292. The molecule has 1 aromatic heterocycles. The zero-order valence-electron chi connectivity index (χ0n) is 13.3. The maximum Gasteiger partial charge on any atom is 0.270 e. The fourth-order valence-electron chi connectivity index (χ4n) is 2.34. The smallest absolute Gasteiger partial charge is 0.270 e. The summed E-state index contributed by atoms with van der Waals surface area (Å²) in [6.07, 6.45) is 0. The lowest BCUT2D eigenvalue weighted by molar-refractivity contribution is -0.384. The van der Waals surface area contributed by atoms with Crippen molar-refractivity contribution in [2.45, 2.75) is 6.92 Å². The summed E-state index contributed by atoms with van der Waals surface area (Å²) in [6.45, 7) is 1.37. The Balaban J connectivity index is 2.14. The maximum absolute atomic E-state index is 11.4. The van der Waals surface area contributed by atoms with E-state index in [2.05, 4.69) is 15.3 Å². The second-order valence-corrected chi connectivity index (χ2v) is 5.32. The number of benzene rings is 2. The maximum atomic E-state index is 11.4. The lowest BCUT2D eigenvalue weighted by Crippen LogP contribution is -2.10. The highest BCUT2D eigenvalue weighted by atomic mass is 16.6. The summed E-state index contributed by atoms with van der Waals surface area (Å²) in [6, 6.07) is 17.3. The number of nitrogens with one attached hydrogen (secondary N) is 1. The van der Waals surface area contributed by atoms with Crippen LogP contribution in [0.1, 0.15) is 6.92 Å². The van der Waals surface area contributed by atoms with E-state index in [0.29, 0.717) is 17.0 Å². The molecule has 0 spiro atoms. The van der Waals surface area contributed by atoms with Crippen LogP contribution >= 0.6 is 0 Å². The van der Waals surface area contributed by atoms with Crippen LogP contribution in [-0.4, -0.2) is 20.8 Å². The molecule has 3 rings (SSSR count). The van der Waals surface area contributed by atoms with Gasteiger partial charge in [0.15, 0.2) is 0 Å². The van der Waals surface area contributed by atoms with Gasteiger partial charge < -0.3 is 0 Å². The van der Waals surface area contributed by atoms with E-state index in [-0.39, 0.29) is 17.5 Å². The van der Waals surface area contributed by atoms with Crippen molar-refractivity contribution in [3.05, 3.63) is 70.8 Å². The van der Waals surface area contributed by atoms with Gasteiger partial charge in [0.25, 0.3) is 5.69 Å². The van der Waals surface area contributed by atoms with E-state index in [4.69, 9.17) is 0 Å². The van der Waals surface area contributed by atoms with Gasteiger partial charge in [0.05, 0.1) is 16.3 Å². The van der Waals surface area contributed by atoms with Crippen LogP contribution in [0.2, 0.25) is 0 Å². The summed E-state index contributed by atoms with van der Waals surface area (Å²) in [7, 11) is 0. The zero-order valence-corrected chi connectivity index (χ0v) is 13.3. The number of anilines is 1. The molecule has 25 heavy (non-hydrogen) atoms.